The normalized spacial score (nSPS) is 12.7. The van der Waals surface area contributed by atoms with Crippen LogP contribution in [-0.2, 0) is 0 Å². The van der Waals surface area contributed by atoms with Crippen molar-refractivity contribution in [2.24, 2.45) is 9.98 Å². The van der Waals surface area contributed by atoms with Crippen molar-refractivity contribution >= 4 is 11.7 Å². The molecule has 0 aliphatic carbocycles. The molecule has 202 valence electrons. The number of hydrogen-bond acceptors (Lipinski definition) is 2. The maximum absolute atomic E-state index is 4.90. The molecule has 3 aromatic rings. The van der Waals surface area contributed by atoms with Crippen LogP contribution in [0.3, 0.4) is 0 Å². The first-order valence-electron chi connectivity index (χ1n) is 13.9. The molecular weight excluding hydrogens is 464 g/mol. The summed E-state index contributed by atoms with van der Waals surface area (Å²) < 4.78 is 0. The van der Waals surface area contributed by atoms with Gasteiger partial charge in [-0.1, -0.05) is 72.8 Å². The summed E-state index contributed by atoms with van der Waals surface area (Å²) in [5, 5.41) is 0. The van der Waals surface area contributed by atoms with Crippen LogP contribution in [-0.4, -0.2) is 59.7 Å². The summed E-state index contributed by atoms with van der Waals surface area (Å²) in [5.41, 5.74) is 7.14. The molecule has 0 saturated heterocycles. The summed E-state index contributed by atoms with van der Waals surface area (Å²) in [4.78, 5) is 14.3. The monoisotopic (exact) mass is 510 g/mol. The molecule has 0 aliphatic rings. The zero-order valence-corrected chi connectivity index (χ0v) is 25.0. The molecule has 4 heteroatoms. The Morgan fingerprint density at radius 1 is 0.447 bits per heavy atom. The molecule has 0 spiro atoms. The molecule has 0 amide bonds. The SMILES string of the molecule is CC(C)N=C(c1ccc(-c2ccc(-c3ccc(C(=NC(C)C)N(C)C(C)C)cc3)cc2)cc1)N(C)C(C)C. The fourth-order valence-electron chi connectivity index (χ4n) is 4.20. The molecule has 3 aromatic carbocycles. The van der Waals surface area contributed by atoms with E-state index in [2.05, 4.69) is 152 Å². The van der Waals surface area contributed by atoms with Gasteiger partial charge < -0.3 is 9.80 Å². The highest BCUT2D eigenvalue weighted by Gasteiger charge is 2.15. The molecule has 0 atom stereocenters. The molecule has 0 aliphatic heterocycles. The average Bonchev–Trinajstić information content (AvgIpc) is 2.89. The quantitative estimate of drug-likeness (QED) is 0.227. The zero-order valence-electron chi connectivity index (χ0n) is 25.0. The van der Waals surface area contributed by atoms with Gasteiger partial charge in [0.05, 0.1) is 0 Å². The van der Waals surface area contributed by atoms with Gasteiger partial charge in [0.15, 0.2) is 0 Å². The second-order valence-electron chi connectivity index (χ2n) is 11.2. The van der Waals surface area contributed by atoms with Crippen LogP contribution in [0, 0.1) is 0 Å². The van der Waals surface area contributed by atoms with Crippen molar-refractivity contribution in [2.45, 2.75) is 79.6 Å². The number of amidine groups is 2. The maximum Gasteiger partial charge on any atom is 0.131 e. The Labute approximate surface area is 231 Å². The molecule has 0 N–H and O–H groups in total. The van der Waals surface area contributed by atoms with Crippen molar-refractivity contribution in [3.63, 3.8) is 0 Å². The molecule has 4 nitrogen and oxygen atoms in total. The number of benzene rings is 3. The van der Waals surface area contributed by atoms with E-state index in [0.717, 1.165) is 22.8 Å². The van der Waals surface area contributed by atoms with Crippen LogP contribution in [0.25, 0.3) is 22.3 Å². The summed E-state index contributed by atoms with van der Waals surface area (Å²) in [5.74, 6) is 2.09. The molecule has 0 radical (unpaired) electrons. The summed E-state index contributed by atoms with van der Waals surface area (Å²) in [6, 6.07) is 27.6. The lowest BCUT2D eigenvalue weighted by molar-refractivity contribution is 0.415. The molecule has 0 fully saturated rings. The van der Waals surface area contributed by atoms with Crippen LogP contribution in [0.4, 0.5) is 0 Å². The number of hydrogen-bond donors (Lipinski definition) is 0. The molecule has 0 aromatic heterocycles. The van der Waals surface area contributed by atoms with Crippen molar-refractivity contribution in [1.29, 1.82) is 0 Å². The van der Waals surface area contributed by atoms with Gasteiger partial charge in [0.1, 0.15) is 11.7 Å². The van der Waals surface area contributed by atoms with Gasteiger partial charge in [-0.2, -0.15) is 0 Å². The third-order valence-corrected chi connectivity index (χ3v) is 6.82. The van der Waals surface area contributed by atoms with Crippen LogP contribution < -0.4 is 0 Å². The summed E-state index contributed by atoms with van der Waals surface area (Å²) in [6.45, 7) is 17.3. The van der Waals surface area contributed by atoms with E-state index < -0.39 is 0 Å². The molecule has 3 rings (SSSR count). The summed E-state index contributed by atoms with van der Waals surface area (Å²) in [7, 11) is 4.23. The highest BCUT2D eigenvalue weighted by atomic mass is 15.2. The van der Waals surface area contributed by atoms with Crippen molar-refractivity contribution in [2.75, 3.05) is 14.1 Å². The minimum Gasteiger partial charge on any atom is -0.357 e. The van der Waals surface area contributed by atoms with Crippen molar-refractivity contribution in [3.8, 4) is 22.3 Å². The number of aliphatic imine (C=N–C) groups is 2. The number of rotatable bonds is 8. The molecule has 38 heavy (non-hydrogen) atoms. The van der Waals surface area contributed by atoms with Gasteiger partial charge in [0, 0.05) is 49.4 Å². The van der Waals surface area contributed by atoms with Crippen LogP contribution in [0.1, 0.15) is 66.5 Å². The largest absolute Gasteiger partial charge is 0.357 e. The van der Waals surface area contributed by atoms with Gasteiger partial charge in [-0.05, 0) is 77.6 Å². The van der Waals surface area contributed by atoms with E-state index in [-0.39, 0.29) is 12.1 Å². The topological polar surface area (TPSA) is 31.2 Å². The van der Waals surface area contributed by atoms with E-state index in [1.165, 1.54) is 22.3 Å². The van der Waals surface area contributed by atoms with Gasteiger partial charge in [-0.25, -0.2) is 0 Å². The van der Waals surface area contributed by atoms with Crippen LogP contribution in [0.5, 0.6) is 0 Å². The molecule has 0 saturated carbocycles. The Morgan fingerprint density at radius 2 is 0.684 bits per heavy atom. The van der Waals surface area contributed by atoms with E-state index in [4.69, 9.17) is 9.98 Å². The first kappa shape index (κ1) is 29.2. The highest BCUT2D eigenvalue weighted by Crippen LogP contribution is 2.26. The Hall–Kier alpha value is -3.40. The molecular formula is C34H46N4. The number of nitrogens with zero attached hydrogens (tertiary/aromatic N) is 4. The smallest absolute Gasteiger partial charge is 0.131 e. The van der Waals surface area contributed by atoms with Gasteiger partial charge in [-0.15, -0.1) is 0 Å². The second-order valence-corrected chi connectivity index (χ2v) is 11.2. The van der Waals surface area contributed by atoms with Gasteiger partial charge >= 0.3 is 0 Å². The van der Waals surface area contributed by atoms with Crippen molar-refractivity contribution in [1.82, 2.24) is 9.80 Å². The lowest BCUT2D eigenvalue weighted by Crippen LogP contribution is -2.34. The minimum atomic E-state index is 0.248. The Morgan fingerprint density at radius 3 is 0.895 bits per heavy atom. The third-order valence-electron chi connectivity index (χ3n) is 6.82. The lowest BCUT2D eigenvalue weighted by atomic mass is 9.98. The summed E-state index contributed by atoms with van der Waals surface area (Å²) >= 11 is 0. The third kappa shape index (κ3) is 7.34. The van der Waals surface area contributed by atoms with Crippen LogP contribution in [0.15, 0.2) is 82.8 Å². The zero-order chi connectivity index (χ0) is 28.0. The van der Waals surface area contributed by atoms with E-state index >= 15 is 0 Å². The van der Waals surface area contributed by atoms with Crippen LogP contribution >= 0.6 is 0 Å². The Kier molecular flexibility index (Phi) is 9.90. The van der Waals surface area contributed by atoms with Crippen molar-refractivity contribution in [3.05, 3.63) is 83.9 Å². The van der Waals surface area contributed by atoms with Gasteiger partial charge in [0.25, 0.3) is 0 Å². The molecule has 0 heterocycles. The first-order chi connectivity index (χ1) is 18.0. The van der Waals surface area contributed by atoms with E-state index in [9.17, 15) is 0 Å². The molecule has 0 bridgehead atoms. The second kappa shape index (κ2) is 12.9. The maximum atomic E-state index is 4.90. The van der Waals surface area contributed by atoms with E-state index in [1.54, 1.807) is 0 Å². The minimum absolute atomic E-state index is 0.248. The van der Waals surface area contributed by atoms with Gasteiger partial charge in [0.2, 0.25) is 0 Å². The fourth-order valence-corrected chi connectivity index (χ4v) is 4.20. The molecule has 0 unspecified atom stereocenters. The standard InChI is InChI=1S/C34H46N4/c1-23(2)35-33(37(9)25(5)6)31-19-15-29(16-20-31)27-11-13-28(14-12-27)30-17-21-32(22-18-30)34(36-24(3)4)38(10)26(7)8/h11-26H,1-10H3. The van der Waals surface area contributed by atoms with E-state index in [0.29, 0.717) is 12.1 Å². The van der Waals surface area contributed by atoms with Crippen LogP contribution in [0.2, 0.25) is 0 Å². The Bertz CT molecular complexity index is 1120. The Balaban J connectivity index is 1.82. The van der Waals surface area contributed by atoms with Crippen molar-refractivity contribution < 1.29 is 0 Å². The van der Waals surface area contributed by atoms with Gasteiger partial charge in [-0.3, -0.25) is 9.98 Å². The van der Waals surface area contributed by atoms with E-state index in [1.807, 2.05) is 0 Å². The predicted octanol–water partition coefficient (Wildman–Crippen LogP) is 8.01. The highest BCUT2D eigenvalue weighted by molar-refractivity contribution is 6.00. The summed E-state index contributed by atoms with van der Waals surface area (Å²) in [6.07, 6.45) is 0. The first-order valence-corrected chi connectivity index (χ1v) is 13.9. The predicted molar refractivity (Wildman–Crippen MR) is 166 cm³/mol. The fraction of sp³-hybridized carbons (Fsp3) is 0.412. The average molecular weight is 511 g/mol. The lowest BCUT2D eigenvalue weighted by Gasteiger charge is -2.26.